The molecule has 1 atom stereocenters. The summed E-state index contributed by atoms with van der Waals surface area (Å²) in [6.07, 6.45) is 5.41. The topological polar surface area (TPSA) is 86.6 Å². The van der Waals surface area contributed by atoms with Crippen LogP contribution in [0.4, 0.5) is 0 Å². The normalized spacial score (nSPS) is 26.0. The first-order chi connectivity index (χ1) is 11.4. The summed E-state index contributed by atoms with van der Waals surface area (Å²) in [5.74, 6) is -0.0680. The van der Waals surface area contributed by atoms with E-state index >= 15 is 0 Å². The molecule has 0 radical (unpaired) electrons. The van der Waals surface area contributed by atoms with Gasteiger partial charge in [0.25, 0.3) is 5.91 Å². The van der Waals surface area contributed by atoms with Gasteiger partial charge in [-0.1, -0.05) is 0 Å². The molecule has 0 aromatic carbocycles. The summed E-state index contributed by atoms with van der Waals surface area (Å²) in [5, 5.41) is 9.77. The largest absolute Gasteiger partial charge is 0.394 e. The Morgan fingerprint density at radius 3 is 2.54 bits per heavy atom. The van der Waals surface area contributed by atoms with E-state index in [4.69, 9.17) is 0 Å². The molecule has 24 heavy (non-hydrogen) atoms. The van der Waals surface area contributed by atoms with Crippen molar-refractivity contribution in [2.24, 2.45) is 5.41 Å². The average Bonchev–Trinajstić information content (AvgIpc) is 2.89. The Morgan fingerprint density at radius 2 is 2.04 bits per heavy atom. The molecule has 1 N–H and O–H groups in total. The van der Waals surface area contributed by atoms with Gasteiger partial charge in [-0.15, -0.1) is 0 Å². The first kappa shape index (κ1) is 16.8. The van der Waals surface area contributed by atoms with Crippen molar-refractivity contribution in [3.8, 4) is 0 Å². The van der Waals surface area contributed by atoms with E-state index in [9.17, 15) is 14.7 Å². The van der Waals surface area contributed by atoms with E-state index in [2.05, 4.69) is 9.97 Å². The number of rotatable bonds is 2. The third-order valence-corrected chi connectivity index (χ3v) is 5.53. The summed E-state index contributed by atoms with van der Waals surface area (Å²) in [5.41, 5.74) is -0.0890. The van der Waals surface area contributed by atoms with Crippen molar-refractivity contribution in [2.45, 2.75) is 38.6 Å². The SMILES string of the molecule is CC(=O)N1CC2(CCN(C(=O)c3ccncn3)CC2)C[C@]1(C)CO. The van der Waals surface area contributed by atoms with Crippen LogP contribution in [0.3, 0.4) is 0 Å². The van der Waals surface area contributed by atoms with Crippen molar-refractivity contribution >= 4 is 11.8 Å². The second-order valence-electron chi connectivity index (χ2n) is 7.32. The standard InChI is InChI=1S/C17H24N4O3/c1-13(23)21-10-17(9-16(21,2)11-22)4-7-20(8-5-17)15(24)14-3-6-18-12-19-14/h3,6,12,22H,4-5,7-11H2,1-2H3/t16-/m1/s1. The van der Waals surface area contributed by atoms with E-state index in [0.717, 1.165) is 19.3 Å². The Hall–Kier alpha value is -2.02. The summed E-state index contributed by atoms with van der Waals surface area (Å²) in [7, 11) is 0. The quantitative estimate of drug-likeness (QED) is 0.861. The van der Waals surface area contributed by atoms with Crippen LogP contribution in [0.5, 0.6) is 0 Å². The van der Waals surface area contributed by atoms with Crippen molar-refractivity contribution < 1.29 is 14.7 Å². The Morgan fingerprint density at radius 1 is 1.33 bits per heavy atom. The van der Waals surface area contributed by atoms with Gasteiger partial charge in [0, 0.05) is 32.8 Å². The number of nitrogens with zero attached hydrogens (tertiary/aromatic N) is 4. The Labute approximate surface area is 141 Å². The smallest absolute Gasteiger partial charge is 0.272 e. The van der Waals surface area contributed by atoms with Gasteiger partial charge in [-0.3, -0.25) is 9.59 Å². The highest BCUT2D eigenvalue weighted by Crippen LogP contribution is 2.48. The number of carbonyl (C=O) groups is 2. The molecule has 7 heteroatoms. The zero-order valence-electron chi connectivity index (χ0n) is 14.2. The summed E-state index contributed by atoms with van der Waals surface area (Å²) in [6, 6.07) is 1.63. The summed E-state index contributed by atoms with van der Waals surface area (Å²) in [6.45, 7) is 5.43. The molecule has 0 saturated carbocycles. The minimum atomic E-state index is -0.495. The van der Waals surface area contributed by atoms with Gasteiger partial charge in [0.1, 0.15) is 12.0 Å². The van der Waals surface area contributed by atoms with E-state index in [0.29, 0.717) is 25.3 Å². The number of aromatic nitrogens is 2. The Kier molecular flexibility index (Phi) is 4.29. The number of hydrogen-bond donors (Lipinski definition) is 1. The maximum atomic E-state index is 12.5. The third-order valence-electron chi connectivity index (χ3n) is 5.53. The lowest BCUT2D eigenvalue weighted by Gasteiger charge is -2.39. The second kappa shape index (κ2) is 6.12. The predicted molar refractivity (Wildman–Crippen MR) is 87.1 cm³/mol. The van der Waals surface area contributed by atoms with E-state index in [1.54, 1.807) is 24.1 Å². The molecule has 0 aliphatic carbocycles. The van der Waals surface area contributed by atoms with Crippen LogP contribution in [0.25, 0.3) is 0 Å². The molecular weight excluding hydrogens is 308 g/mol. The molecule has 130 valence electrons. The van der Waals surface area contributed by atoms with Crippen LogP contribution in [0.1, 0.15) is 43.6 Å². The number of amides is 2. The molecule has 1 aromatic rings. The van der Waals surface area contributed by atoms with Gasteiger partial charge < -0.3 is 14.9 Å². The highest BCUT2D eigenvalue weighted by atomic mass is 16.3. The van der Waals surface area contributed by atoms with E-state index in [-0.39, 0.29) is 23.8 Å². The molecule has 2 saturated heterocycles. The van der Waals surface area contributed by atoms with Crippen LogP contribution in [0.2, 0.25) is 0 Å². The number of aliphatic hydroxyl groups is 1. The van der Waals surface area contributed by atoms with Gasteiger partial charge >= 0.3 is 0 Å². The van der Waals surface area contributed by atoms with Gasteiger partial charge in [-0.05, 0) is 37.7 Å². The maximum Gasteiger partial charge on any atom is 0.272 e. The zero-order valence-corrected chi connectivity index (χ0v) is 14.2. The first-order valence-corrected chi connectivity index (χ1v) is 8.34. The van der Waals surface area contributed by atoms with Crippen molar-refractivity contribution in [3.05, 3.63) is 24.3 Å². The Balaban J connectivity index is 1.69. The van der Waals surface area contributed by atoms with E-state index in [1.165, 1.54) is 6.33 Å². The molecule has 2 aliphatic rings. The fourth-order valence-electron chi connectivity index (χ4n) is 4.22. The minimum Gasteiger partial charge on any atom is -0.394 e. The van der Waals surface area contributed by atoms with Crippen molar-refractivity contribution in [3.63, 3.8) is 0 Å². The maximum absolute atomic E-state index is 12.5. The summed E-state index contributed by atoms with van der Waals surface area (Å²) >= 11 is 0. The zero-order chi connectivity index (χ0) is 17.4. The van der Waals surface area contributed by atoms with E-state index < -0.39 is 5.54 Å². The predicted octanol–water partition coefficient (Wildman–Crippen LogP) is 0.702. The van der Waals surface area contributed by atoms with E-state index in [1.807, 2.05) is 11.8 Å². The van der Waals surface area contributed by atoms with Crippen LogP contribution >= 0.6 is 0 Å². The highest BCUT2D eigenvalue weighted by Gasteiger charge is 2.52. The molecular formula is C17H24N4O3. The lowest BCUT2D eigenvalue weighted by molar-refractivity contribution is -0.134. The lowest BCUT2D eigenvalue weighted by atomic mass is 9.74. The number of carbonyl (C=O) groups excluding carboxylic acids is 2. The molecule has 7 nitrogen and oxygen atoms in total. The fraction of sp³-hybridized carbons (Fsp3) is 0.647. The van der Waals surface area contributed by atoms with Crippen LogP contribution in [0.15, 0.2) is 18.6 Å². The monoisotopic (exact) mass is 332 g/mol. The highest BCUT2D eigenvalue weighted by molar-refractivity contribution is 5.92. The molecule has 2 amide bonds. The molecule has 2 fully saturated rings. The molecule has 0 unspecified atom stereocenters. The summed E-state index contributed by atoms with van der Waals surface area (Å²) < 4.78 is 0. The summed E-state index contributed by atoms with van der Waals surface area (Å²) in [4.78, 5) is 35.9. The number of likely N-dealkylation sites (tertiary alicyclic amines) is 2. The molecule has 1 spiro atoms. The first-order valence-electron chi connectivity index (χ1n) is 8.34. The molecule has 1 aromatic heterocycles. The van der Waals surface area contributed by atoms with Crippen LogP contribution in [0, 0.1) is 5.41 Å². The number of hydrogen-bond acceptors (Lipinski definition) is 5. The molecule has 2 aliphatic heterocycles. The lowest BCUT2D eigenvalue weighted by Crippen LogP contribution is -2.46. The second-order valence-corrected chi connectivity index (χ2v) is 7.32. The van der Waals surface area contributed by atoms with Gasteiger partial charge in [-0.2, -0.15) is 0 Å². The van der Waals surface area contributed by atoms with Gasteiger partial charge in [0.15, 0.2) is 0 Å². The van der Waals surface area contributed by atoms with Crippen LogP contribution in [-0.4, -0.2) is 68.5 Å². The number of piperidine rings is 1. The molecule has 3 rings (SSSR count). The number of aliphatic hydroxyl groups excluding tert-OH is 1. The van der Waals surface area contributed by atoms with Gasteiger partial charge in [0.2, 0.25) is 5.91 Å². The van der Waals surface area contributed by atoms with Crippen molar-refractivity contribution in [1.29, 1.82) is 0 Å². The van der Waals surface area contributed by atoms with Gasteiger partial charge in [0.05, 0.1) is 12.1 Å². The Bertz CT molecular complexity index is 628. The van der Waals surface area contributed by atoms with Crippen LogP contribution < -0.4 is 0 Å². The fourth-order valence-corrected chi connectivity index (χ4v) is 4.22. The van der Waals surface area contributed by atoms with Crippen molar-refractivity contribution in [1.82, 2.24) is 19.8 Å². The molecule has 0 bridgehead atoms. The van der Waals surface area contributed by atoms with Crippen molar-refractivity contribution in [2.75, 3.05) is 26.2 Å². The third kappa shape index (κ3) is 2.88. The molecule has 3 heterocycles. The average molecular weight is 332 g/mol. The van der Waals surface area contributed by atoms with Gasteiger partial charge in [-0.25, -0.2) is 9.97 Å². The van der Waals surface area contributed by atoms with Crippen LogP contribution in [-0.2, 0) is 4.79 Å². The minimum absolute atomic E-state index is 0.00270.